The zero-order valence-corrected chi connectivity index (χ0v) is 16.6. The van der Waals surface area contributed by atoms with Crippen LogP contribution in [0.15, 0.2) is 47.6 Å². The Bertz CT molecular complexity index is 797. The van der Waals surface area contributed by atoms with Crippen molar-refractivity contribution >= 4 is 17.3 Å². The molecule has 0 aliphatic heterocycles. The number of hydrogen-bond acceptors (Lipinski definition) is 5. The van der Waals surface area contributed by atoms with Crippen LogP contribution in [0.1, 0.15) is 36.7 Å². The summed E-state index contributed by atoms with van der Waals surface area (Å²) in [7, 11) is 3.17. The minimum atomic E-state index is -0.249. The molecule has 0 atom stereocenters. The van der Waals surface area contributed by atoms with Gasteiger partial charge >= 0.3 is 0 Å². The minimum Gasteiger partial charge on any atom is -0.493 e. The molecule has 2 rings (SSSR count). The van der Waals surface area contributed by atoms with Crippen LogP contribution in [0.5, 0.6) is 11.5 Å². The fourth-order valence-corrected chi connectivity index (χ4v) is 2.74. The highest BCUT2D eigenvalue weighted by Crippen LogP contribution is 2.27. The van der Waals surface area contributed by atoms with Gasteiger partial charge in [-0.1, -0.05) is 0 Å². The zero-order chi connectivity index (χ0) is 19.8. The molecule has 6 nitrogen and oxygen atoms in total. The van der Waals surface area contributed by atoms with Crippen molar-refractivity contribution in [2.24, 2.45) is 5.10 Å². The van der Waals surface area contributed by atoms with Gasteiger partial charge in [0, 0.05) is 29.9 Å². The highest BCUT2D eigenvalue weighted by Gasteiger charge is 2.09. The molecule has 0 fully saturated rings. The number of carbonyl (C=O) groups is 1. The van der Waals surface area contributed by atoms with Crippen molar-refractivity contribution in [2.75, 3.05) is 32.2 Å². The van der Waals surface area contributed by atoms with Gasteiger partial charge in [0.15, 0.2) is 11.5 Å². The molecule has 0 radical (unpaired) electrons. The Morgan fingerprint density at radius 3 is 2.11 bits per heavy atom. The quantitative estimate of drug-likeness (QED) is 0.569. The van der Waals surface area contributed by atoms with Crippen molar-refractivity contribution in [1.29, 1.82) is 0 Å². The van der Waals surface area contributed by atoms with Crippen molar-refractivity contribution in [3.63, 3.8) is 0 Å². The highest BCUT2D eigenvalue weighted by molar-refractivity contribution is 6.01. The smallest absolute Gasteiger partial charge is 0.271 e. The van der Waals surface area contributed by atoms with E-state index in [0.29, 0.717) is 22.8 Å². The van der Waals surface area contributed by atoms with E-state index in [-0.39, 0.29) is 5.91 Å². The SMILES string of the molecule is CCN(CC)c1ccc(C(=O)N/N=C(\C)c2ccc(OC)c(OC)c2)cc1. The molecule has 0 heterocycles. The maximum absolute atomic E-state index is 12.3. The van der Waals surface area contributed by atoms with Crippen molar-refractivity contribution in [3.05, 3.63) is 53.6 Å². The number of benzene rings is 2. The Morgan fingerprint density at radius 1 is 0.963 bits per heavy atom. The number of nitrogens with zero attached hydrogens (tertiary/aromatic N) is 2. The number of hydrogen-bond donors (Lipinski definition) is 1. The Balaban J connectivity index is 2.09. The summed E-state index contributed by atoms with van der Waals surface area (Å²) in [6.45, 7) is 7.89. The van der Waals surface area contributed by atoms with Gasteiger partial charge in [-0.05, 0) is 63.2 Å². The normalized spacial score (nSPS) is 11.1. The van der Waals surface area contributed by atoms with Gasteiger partial charge in [0.1, 0.15) is 0 Å². The van der Waals surface area contributed by atoms with E-state index >= 15 is 0 Å². The van der Waals surface area contributed by atoms with E-state index < -0.39 is 0 Å². The van der Waals surface area contributed by atoms with Gasteiger partial charge in [-0.25, -0.2) is 5.43 Å². The maximum atomic E-state index is 12.3. The molecule has 0 aliphatic rings. The van der Waals surface area contributed by atoms with Gasteiger partial charge in [-0.2, -0.15) is 5.10 Å². The molecule has 0 aliphatic carbocycles. The Hall–Kier alpha value is -3.02. The fourth-order valence-electron chi connectivity index (χ4n) is 2.74. The molecule has 2 aromatic rings. The Labute approximate surface area is 160 Å². The molecule has 0 unspecified atom stereocenters. The van der Waals surface area contributed by atoms with Gasteiger partial charge in [0.05, 0.1) is 19.9 Å². The minimum absolute atomic E-state index is 0.249. The molecule has 6 heteroatoms. The molecule has 1 amide bonds. The van der Waals surface area contributed by atoms with Crippen LogP contribution in [0.2, 0.25) is 0 Å². The average Bonchev–Trinajstić information content (AvgIpc) is 2.72. The van der Waals surface area contributed by atoms with E-state index in [9.17, 15) is 4.79 Å². The van der Waals surface area contributed by atoms with Crippen LogP contribution < -0.4 is 19.8 Å². The van der Waals surface area contributed by atoms with E-state index in [0.717, 1.165) is 24.3 Å². The molecule has 0 bridgehead atoms. The molecule has 2 aromatic carbocycles. The van der Waals surface area contributed by atoms with E-state index in [1.54, 1.807) is 20.3 Å². The Morgan fingerprint density at radius 2 is 1.56 bits per heavy atom. The van der Waals surface area contributed by atoms with Gasteiger partial charge in [-0.15, -0.1) is 0 Å². The summed E-state index contributed by atoms with van der Waals surface area (Å²) in [4.78, 5) is 14.6. The monoisotopic (exact) mass is 369 g/mol. The van der Waals surface area contributed by atoms with E-state index in [1.807, 2.05) is 43.3 Å². The number of anilines is 1. The predicted molar refractivity (Wildman–Crippen MR) is 109 cm³/mol. The second kappa shape index (κ2) is 9.62. The predicted octanol–water partition coefficient (Wildman–Crippen LogP) is 3.70. The first-order valence-electron chi connectivity index (χ1n) is 8.96. The van der Waals surface area contributed by atoms with Crippen LogP contribution in [-0.4, -0.2) is 38.9 Å². The summed E-state index contributed by atoms with van der Waals surface area (Å²) in [5, 5.41) is 4.20. The lowest BCUT2D eigenvalue weighted by Gasteiger charge is -2.20. The highest BCUT2D eigenvalue weighted by atomic mass is 16.5. The summed E-state index contributed by atoms with van der Waals surface area (Å²) >= 11 is 0. The van der Waals surface area contributed by atoms with Crippen LogP contribution in [0.3, 0.4) is 0 Å². The third-order valence-corrected chi connectivity index (χ3v) is 4.38. The van der Waals surface area contributed by atoms with Gasteiger partial charge in [-0.3, -0.25) is 4.79 Å². The van der Waals surface area contributed by atoms with Gasteiger partial charge < -0.3 is 14.4 Å². The van der Waals surface area contributed by atoms with Crippen LogP contribution >= 0.6 is 0 Å². The van der Waals surface area contributed by atoms with Crippen LogP contribution in [0.25, 0.3) is 0 Å². The van der Waals surface area contributed by atoms with Gasteiger partial charge in [0.2, 0.25) is 0 Å². The van der Waals surface area contributed by atoms with Crippen molar-refractivity contribution in [3.8, 4) is 11.5 Å². The lowest BCUT2D eigenvalue weighted by atomic mass is 10.1. The van der Waals surface area contributed by atoms with Crippen molar-refractivity contribution in [1.82, 2.24) is 5.43 Å². The average molecular weight is 369 g/mol. The second-order valence-electron chi connectivity index (χ2n) is 5.93. The lowest BCUT2D eigenvalue weighted by Crippen LogP contribution is -2.22. The first-order chi connectivity index (χ1) is 13.0. The summed E-state index contributed by atoms with van der Waals surface area (Å²) in [6, 6.07) is 13.0. The number of carbonyl (C=O) groups excluding carboxylic acids is 1. The summed E-state index contributed by atoms with van der Waals surface area (Å²) in [6.07, 6.45) is 0. The number of nitrogens with one attached hydrogen (secondary N) is 1. The molecule has 0 saturated heterocycles. The van der Waals surface area contributed by atoms with Crippen LogP contribution in [-0.2, 0) is 0 Å². The maximum Gasteiger partial charge on any atom is 0.271 e. The van der Waals surface area contributed by atoms with Crippen molar-refractivity contribution in [2.45, 2.75) is 20.8 Å². The van der Waals surface area contributed by atoms with Gasteiger partial charge in [0.25, 0.3) is 5.91 Å². The molecule has 0 aromatic heterocycles. The van der Waals surface area contributed by atoms with Crippen LogP contribution in [0, 0.1) is 0 Å². The number of methoxy groups -OCH3 is 2. The summed E-state index contributed by atoms with van der Waals surface area (Å²) in [5.74, 6) is 1.01. The first kappa shape index (κ1) is 20.3. The largest absolute Gasteiger partial charge is 0.493 e. The standard InChI is InChI=1S/C21H27N3O3/c1-6-24(7-2)18-11-8-16(9-12-18)21(25)23-22-15(3)17-10-13-19(26-4)20(14-17)27-5/h8-14H,6-7H2,1-5H3,(H,23,25)/b22-15+. The zero-order valence-electron chi connectivity index (χ0n) is 16.6. The first-order valence-corrected chi connectivity index (χ1v) is 8.96. The Kier molecular flexibility index (Phi) is 7.23. The van der Waals surface area contributed by atoms with Crippen LogP contribution in [0.4, 0.5) is 5.69 Å². The molecule has 0 spiro atoms. The van der Waals surface area contributed by atoms with E-state index in [2.05, 4.69) is 29.3 Å². The number of hydrazone groups is 1. The fraction of sp³-hybridized carbons (Fsp3) is 0.333. The second-order valence-corrected chi connectivity index (χ2v) is 5.93. The molecule has 0 saturated carbocycles. The molecule has 1 N–H and O–H groups in total. The lowest BCUT2D eigenvalue weighted by molar-refractivity contribution is 0.0955. The van der Waals surface area contributed by atoms with Crippen molar-refractivity contribution < 1.29 is 14.3 Å². The third kappa shape index (κ3) is 5.00. The molecular weight excluding hydrogens is 342 g/mol. The molecule has 144 valence electrons. The molecular formula is C21H27N3O3. The topological polar surface area (TPSA) is 63.2 Å². The number of rotatable bonds is 8. The summed E-state index contributed by atoms with van der Waals surface area (Å²) < 4.78 is 10.5. The molecule has 27 heavy (non-hydrogen) atoms. The van der Waals surface area contributed by atoms with E-state index in [4.69, 9.17) is 9.47 Å². The van der Waals surface area contributed by atoms with E-state index in [1.165, 1.54) is 0 Å². The summed E-state index contributed by atoms with van der Waals surface area (Å²) in [5.41, 5.74) is 5.77. The number of ether oxygens (including phenoxy) is 2. The third-order valence-electron chi connectivity index (χ3n) is 4.38. The number of amides is 1.